The van der Waals surface area contributed by atoms with Gasteiger partial charge in [-0.3, -0.25) is 4.72 Å². The lowest BCUT2D eigenvalue weighted by Gasteiger charge is -2.16. The number of carbonyl (C=O) groups is 1. The minimum atomic E-state index is -4.19. The molecule has 1 heterocycles. The number of benzene rings is 2. The summed E-state index contributed by atoms with van der Waals surface area (Å²) < 4.78 is 53.6. The van der Waals surface area contributed by atoms with Crippen molar-refractivity contribution < 1.29 is 26.7 Å². The zero-order valence-electron chi connectivity index (χ0n) is 17.3. The Balaban J connectivity index is 1.86. The number of nitrogens with one attached hydrogen (secondary N) is 1. The van der Waals surface area contributed by atoms with Crippen molar-refractivity contribution in [3.05, 3.63) is 64.5 Å². The second-order valence-electron chi connectivity index (χ2n) is 7.83. The standard InChI is InChI=1S/C22H21NO6S3/c1-13-3-10-20(30-13)18-9-7-16(31(2,26)27)12-19(18)23-32(28,29)21-11-15(22(24)25)6-8-17(21)14-4-5-14/h3,6-12,14,23H,4-5H2,1-2H3,(H,24,25). The van der Waals surface area contributed by atoms with Crippen LogP contribution >= 0.6 is 11.3 Å². The summed E-state index contributed by atoms with van der Waals surface area (Å²) >= 11 is 1.45. The van der Waals surface area contributed by atoms with Crippen LogP contribution in [0.15, 0.2) is 58.3 Å². The van der Waals surface area contributed by atoms with Crippen LogP contribution < -0.4 is 4.72 Å². The van der Waals surface area contributed by atoms with Gasteiger partial charge in [0.15, 0.2) is 9.84 Å². The van der Waals surface area contributed by atoms with Gasteiger partial charge in [-0.1, -0.05) is 12.1 Å². The number of sulfonamides is 1. The summed E-state index contributed by atoms with van der Waals surface area (Å²) in [6.07, 6.45) is 2.72. The van der Waals surface area contributed by atoms with Crippen molar-refractivity contribution in [2.75, 3.05) is 11.0 Å². The molecule has 10 heteroatoms. The number of thiophene rings is 1. The van der Waals surface area contributed by atoms with Crippen LogP contribution in [-0.2, 0) is 19.9 Å². The summed E-state index contributed by atoms with van der Waals surface area (Å²) in [5.41, 5.74) is 1.10. The highest BCUT2D eigenvalue weighted by Gasteiger charge is 2.32. The third kappa shape index (κ3) is 4.57. The van der Waals surface area contributed by atoms with E-state index in [0.29, 0.717) is 11.1 Å². The Kier molecular flexibility index (Phi) is 5.64. The van der Waals surface area contributed by atoms with Gasteiger partial charge < -0.3 is 5.11 Å². The quantitative estimate of drug-likeness (QED) is 0.502. The molecule has 3 aromatic rings. The number of aryl methyl sites for hydroxylation is 1. The fourth-order valence-electron chi connectivity index (χ4n) is 3.46. The maximum atomic E-state index is 13.4. The number of hydrogen-bond acceptors (Lipinski definition) is 6. The average Bonchev–Trinajstić information content (AvgIpc) is 3.47. The third-order valence-electron chi connectivity index (χ3n) is 5.24. The van der Waals surface area contributed by atoms with Crippen molar-refractivity contribution in [2.45, 2.75) is 35.5 Å². The van der Waals surface area contributed by atoms with Gasteiger partial charge in [-0.2, -0.15) is 0 Å². The molecule has 1 fully saturated rings. The van der Waals surface area contributed by atoms with E-state index in [-0.39, 0.29) is 27.0 Å². The van der Waals surface area contributed by atoms with Gasteiger partial charge in [0.1, 0.15) is 0 Å². The Morgan fingerprint density at radius 1 is 1.03 bits per heavy atom. The first-order chi connectivity index (χ1) is 15.0. The predicted molar refractivity (Wildman–Crippen MR) is 124 cm³/mol. The third-order valence-corrected chi connectivity index (χ3v) is 8.80. The molecule has 0 aliphatic heterocycles. The number of carboxylic acid groups (broad SMARTS) is 1. The van der Waals surface area contributed by atoms with E-state index >= 15 is 0 Å². The Hall–Kier alpha value is -2.69. The molecule has 0 bridgehead atoms. The molecule has 7 nitrogen and oxygen atoms in total. The van der Waals surface area contributed by atoms with E-state index in [1.807, 2.05) is 19.1 Å². The van der Waals surface area contributed by atoms with Crippen LogP contribution in [0.4, 0.5) is 5.69 Å². The summed E-state index contributed by atoms with van der Waals surface area (Å²) in [6, 6.07) is 12.2. The monoisotopic (exact) mass is 491 g/mol. The smallest absolute Gasteiger partial charge is 0.335 e. The SMILES string of the molecule is Cc1ccc(-c2ccc(S(C)(=O)=O)cc2NS(=O)(=O)c2cc(C(=O)O)ccc2C2CC2)s1. The van der Waals surface area contributed by atoms with Gasteiger partial charge in [0, 0.05) is 21.6 Å². The van der Waals surface area contributed by atoms with Gasteiger partial charge in [-0.25, -0.2) is 21.6 Å². The molecule has 0 radical (unpaired) electrons. The van der Waals surface area contributed by atoms with Crippen LogP contribution in [0.3, 0.4) is 0 Å². The van der Waals surface area contributed by atoms with Crippen LogP contribution in [0, 0.1) is 6.92 Å². The Morgan fingerprint density at radius 2 is 1.75 bits per heavy atom. The minimum absolute atomic E-state index is 0.0195. The van der Waals surface area contributed by atoms with E-state index in [2.05, 4.69) is 4.72 Å². The van der Waals surface area contributed by atoms with E-state index < -0.39 is 25.8 Å². The highest BCUT2D eigenvalue weighted by molar-refractivity contribution is 7.92. The molecular weight excluding hydrogens is 470 g/mol. The Labute approximate surface area is 190 Å². The van der Waals surface area contributed by atoms with E-state index in [1.54, 1.807) is 12.1 Å². The maximum absolute atomic E-state index is 13.4. The zero-order chi connectivity index (χ0) is 23.3. The van der Waals surface area contributed by atoms with Crippen molar-refractivity contribution in [3.8, 4) is 10.4 Å². The summed E-state index contributed by atoms with van der Waals surface area (Å²) in [7, 11) is -7.77. The van der Waals surface area contributed by atoms with Gasteiger partial charge in [0.05, 0.1) is 21.0 Å². The summed E-state index contributed by atoms with van der Waals surface area (Å²) in [4.78, 5) is 13.1. The molecule has 2 aromatic carbocycles. The Bertz CT molecular complexity index is 1430. The second-order valence-corrected chi connectivity index (χ2v) is 12.8. The first-order valence-electron chi connectivity index (χ1n) is 9.77. The van der Waals surface area contributed by atoms with Crippen LogP contribution in [-0.4, -0.2) is 34.2 Å². The van der Waals surface area contributed by atoms with Crippen molar-refractivity contribution in [1.29, 1.82) is 0 Å². The molecule has 1 saturated carbocycles. The molecule has 168 valence electrons. The van der Waals surface area contributed by atoms with Crippen molar-refractivity contribution >= 4 is 42.9 Å². The number of rotatable bonds is 7. The molecule has 1 aliphatic rings. The van der Waals surface area contributed by atoms with Crippen LogP contribution in [0.2, 0.25) is 0 Å². The van der Waals surface area contributed by atoms with Gasteiger partial charge in [0.2, 0.25) is 0 Å². The van der Waals surface area contributed by atoms with Gasteiger partial charge >= 0.3 is 5.97 Å². The highest BCUT2D eigenvalue weighted by atomic mass is 32.2. The molecule has 1 aromatic heterocycles. The van der Waals surface area contributed by atoms with E-state index in [1.165, 1.54) is 29.5 Å². The van der Waals surface area contributed by atoms with Gasteiger partial charge in [0.25, 0.3) is 10.0 Å². The molecule has 0 saturated heterocycles. The maximum Gasteiger partial charge on any atom is 0.335 e. The van der Waals surface area contributed by atoms with Crippen LogP contribution in [0.25, 0.3) is 10.4 Å². The molecule has 4 rings (SSSR count). The molecule has 0 unspecified atom stereocenters. The van der Waals surface area contributed by atoms with Crippen LogP contribution in [0.5, 0.6) is 0 Å². The second kappa shape index (κ2) is 8.02. The van der Waals surface area contributed by atoms with E-state index in [0.717, 1.165) is 34.9 Å². The molecular formula is C22H21NO6S3. The van der Waals surface area contributed by atoms with Gasteiger partial charge in [-0.15, -0.1) is 11.3 Å². The predicted octanol–water partition coefficient (Wildman–Crippen LogP) is 4.50. The number of sulfone groups is 1. The van der Waals surface area contributed by atoms with E-state index in [9.17, 15) is 26.7 Å². The number of anilines is 1. The zero-order valence-corrected chi connectivity index (χ0v) is 19.8. The van der Waals surface area contributed by atoms with Gasteiger partial charge in [-0.05, 0) is 67.6 Å². The highest BCUT2D eigenvalue weighted by Crippen LogP contribution is 2.44. The molecule has 0 atom stereocenters. The molecule has 0 amide bonds. The number of carboxylic acids is 1. The lowest BCUT2D eigenvalue weighted by molar-refractivity contribution is 0.0696. The van der Waals surface area contributed by atoms with Crippen molar-refractivity contribution in [2.24, 2.45) is 0 Å². The first kappa shape index (κ1) is 22.5. The van der Waals surface area contributed by atoms with E-state index in [4.69, 9.17) is 0 Å². The first-order valence-corrected chi connectivity index (χ1v) is 14.0. The van der Waals surface area contributed by atoms with Crippen molar-refractivity contribution in [3.63, 3.8) is 0 Å². The molecule has 0 spiro atoms. The summed E-state index contributed by atoms with van der Waals surface area (Å²) in [5.74, 6) is -1.16. The molecule has 2 N–H and O–H groups in total. The lowest BCUT2D eigenvalue weighted by Crippen LogP contribution is -2.17. The van der Waals surface area contributed by atoms with Crippen LogP contribution in [0.1, 0.15) is 39.6 Å². The number of hydrogen-bond donors (Lipinski definition) is 2. The minimum Gasteiger partial charge on any atom is -0.478 e. The normalized spacial score (nSPS) is 14.3. The summed E-state index contributed by atoms with van der Waals surface area (Å²) in [5, 5.41) is 9.35. The summed E-state index contributed by atoms with van der Waals surface area (Å²) in [6.45, 7) is 1.92. The molecule has 1 aliphatic carbocycles. The fraction of sp³-hybridized carbons (Fsp3) is 0.227. The largest absolute Gasteiger partial charge is 0.478 e. The molecule has 32 heavy (non-hydrogen) atoms. The average molecular weight is 492 g/mol. The fourth-order valence-corrected chi connectivity index (χ4v) is 6.41. The Morgan fingerprint density at radius 3 is 2.31 bits per heavy atom. The topological polar surface area (TPSA) is 118 Å². The number of aromatic carboxylic acids is 1. The lowest BCUT2D eigenvalue weighted by atomic mass is 10.1. The van der Waals surface area contributed by atoms with Crippen molar-refractivity contribution in [1.82, 2.24) is 0 Å².